The maximum atomic E-state index is 12.9. The Morgan fingerprint density at radius 2 is 2.24 bits per heavy atom. The quantitative estimate of drug-likeness (QED) is 0.923. The average Bonchev–Trinajstić information content (AvgIpc) is 3.07. The van der Waals surface area contributed by atoms with E-state index in [0.29, 0.717) is 11.8 Å². The van der Waals surface area contributed by atoms with Gasteiger partial charge >= 0.3 is 0 Å². The summed E-state index contributed by atoms with van der Waals surface area (Å²) in [6, 6.07) is 8.52. The molecule has 1 heterocycles. The number of carbonyl (C=O) groups excluding carboxylic acids is 1. The van der Waals surface area contributed by atoms with E-state index < -0.39 is 0 Å². The summed E-state index contributed by atoms with van der Waals surface area (Å²) >= 11 is 0. The number of nitrogens with one attached hydrogen (secondary N) is 1. The number of fused-ring (bicyclic) bond motifs is 1. The highest BCUT2D eigenvalue weighted by Gasteiger charge is 2.43. The zero-order valence-electron chi connectivity index (χ0n) is 13.1. The predicted octanol–water partition coefficient (Wildman–Crippen LogP) is 2.73. The van der Waals surface area contributed by atoms with Gasteiger partial charge in [0.15, 0.2) is 0 Å². The number of hydrogen-bond acceptors (Lipinski definition) is 2. The molecule has 1 amide bonds. The molecule has 1 aromatic rings. The number of hydrogen-bond donors (Lipinski definition) is 1. The van der Waals surface area contributed by atoms with Crippen molar-refractivity contribution < 1.29 is 4.79 Å². The molecule has 3 atom stereocenters. The van der Waals surface area contributed by atoms with Gasteiger partial charge in [0.05, 0.1) is 6.04 Å². The molecule has 0 radical (unpaired) electrons. The molecule has 21 heavy (non-hydrogen) atoms. The van der Waals surface area contributed by atoms with Gasteiger partial charge in [-0.2, -0.15) is 0 Å². The Bertz CT molecular complexity index is 514. The van der Waals surface area contributed by atoms with Gasteiger partial charge in [0.1, 0.15) is 0 Å². The summed E-state index contributed by atoms with van der Waals surface area (Å²) in [6.45, 7) is 6.72. The molecule has 114 valence electrons. The predicted molar refractivity (Wildman–Crippen MR) is 84.9 cm³/mol. The van der Waals surface area contributed by atoms with Gasteiger partial charge in [0.25, 0.3) is 0 Å². The summed E-state index contributed by atoms with van der Waals surface area (Å²) in [6.07, 6.45) is 3.81. The second-order valence-electron chi connectivity index (χ2n) is 6.58. The molecule has 1 saturated heterocycles. The molecule has 1 aromatic carbocycles. The Morgan fingerprint density at radius 3 is 3.00 bits per heavy atom. The molecular weight excluding hydrogens is 260 g/mol. The van der Waals surface area contributed by atoms with Gasteiger partial charge in [0, 0.05) is 13.1 Å². The van der Waals surface area contributed by atoms with Gasteiger partial charge in [-0.1, -0.05) is 36.2 Å². The lowest BCUT2D eigenvalue weighted by Gasteiger charge is -2.27. The van der Waals surface area contributed by atoms with Crippen molar-refractivity contribution in [3.8, 4) is 0 Å². The molecule has 1 aliphatic heterocycles. The number of nitrogens with zero attached hydrogens (tertiary/aromatic N) is 1. The number of amides is 1. The number of aryl methyl sites for hydroxylation is 1. The van der Waals surface area contributed by atoms with Crippen LogP contribution >= 0.6 is 0 Å². The standard InChI is InChI=1S/C18H26N2O/c1-3-20(12-14-7-4-6-13(2)10-14)18(21)17-16-9-5-8-15(16)11-19-17/h4,6-7,10,15-17,19H,3,5,8-9,11-12H2,1-2H3. The summed E-state index contributed by atoms with van der Waals surface area (Å²) in [7, 11) is 0. The van der Waals surface area contributed by atoms with Crippen LogP contribution in [0.25, 0.3) is 0 Å². The SMILES string of the molecule is CCN(Cc1cccc(C)c1)C(=O)C1NCC2CCCC21. The molecular formula is C18H26N2O. The lowest BCUT2D eigenvalue weighted by molar-refractivity contribution is -0.134. The highest BCUT2D eigenvalue weighted by molar-refractivity contribution is 5.82. The first-order valence-corrected chi connectivity index (χ1v) is 8.26. The maximum absolute atomic E-state index is 12.9. The van der Waals surface area contributed by atoms with Gasteiger partial charge in [-0.15, -0.1) is 0 Å². The topological polar surface area (TPSA) is 32.3 Å². The normalized spacial score (nSPS) is 27.6. The van der Waals surface area contributed by atoms with Crippen LogP contribution in [0.15, 0.2) is 24.3 Å². The van der Waals surface area contributed by atoms with E-state index in [4.69, 9.17) is 0 Å². The molecule has 3 unspecified atom stereocenters. The van der Waals surface area contributed by atoms with Crippen LogP contribution in [0.1, 0.15) is 37.3 Å². The monoisotopic (exact) mass is 286 g/mol. The molecule has 3 nitrogen and oxygen atoms in total. The molecule has 0 spiro atoms. The van der Waals surface area contributed by atoms with Crippen molar-refractivity contribution in [2.75, 3.05) is 13.1 Å². The van der Waals surface area contributed by atoms with Crippen molar-refractivity contribution in [1.29, 1.82) is 0 Å². The van der Waals surface area contributed by atoms with Gasteiger partial charge in [-0.25, -0.2) is 0 Å². The molecule has 0 aromatic heterocycles. The summed E-state index contributed by atoms with van der Waals surface area (Å²) in [5.74, 6) is 1.61. The first kappa shape index (κ1) is 14.6. The maximum Gasteiger partial charge on any atom is 0.240 e. The first-order valence-electron chi connectivity index (χ1n) is 8.26. The second-order valence-corrected chi connectivity index (χ2v) is 6.58. The largest absolute Gasteiger partial charge is 0.337 e. The minimum Gasteiger partial charge on any atom is -0.337 e. The van der Waals surface area contributed by atoms with Crippen LogP contribution in [0.5, 0.6) is 0 Å². The van der Waals surface area contributed by atoms with E-state index in [1.807, 2.05) is 4.90 Å². The average molecular weight is 286 g/mol. The van der Waals surface area contributed by atoms with Crippen LogP contribution in [0.3, 0.4) is 0 Å². The molecule has 1 saturated carbocycles. The fraction of sp³-hybridized carbons (Fsp3) is 0.611. The van der Waals surface area contributed by atoms with E-state index >= 15 is 0 Å². The summed E-state index contributed by atoms with van der Waals surface area (Å²) in [5.41, 5.74) is 2.48. The van der Waals surface area contributed by atoms with Crippen LogP contribution in [-0.4, -0.2) is 29.9 Å². The number of likely N-dealkylation sites (N-methyl/N-ethyl adjacent to an activating group) is 1. The van der Waals surface area contributed by atoms with Crippen molar-refractivity contribution in [1.82, 2.24) is 10.2 Å². The molecule has 3 heteroatoms. The summed E-state index contributed by atoms with van der Waals surface area (Å²) in [4.78, 5) is 14.9. The van der Waals surface area contributed by atoms with Crippen molar-refractivity contribution in [2.24, 2.45) is 11.8 Å². The zero-order chi connectivity index (χ0) is 14.8. The van der Waals surface area contributed by atoms with Crippen LogP contribution in [0, 0.1) is 18.8 Å². The van der Waals surface area contributed by atoms with Gasteiger partial charge in [-0.05, 0) is 50.6 Å². The third-order valence-electron chi connectivity index (χ3n) is 5.16. The van der Waals surface area contributed by atoms with Crippen molar-refractivity contribution in [3.05, 3.63) is 35.4 Å². The molecule has 1 N–H and O–H groups in total. The minimum absolute atomic E-state index is 0.0576. The Balaban J connectivity index is 1.69. The van der Waals surface area contributed by atoms with Crippen LogP contribution in [0.4, 0.5) is 0 Å². The highest BCUT2D eigenvalue weighted by atomic mass is 16.2. The number of benzene rings is 1. The molecule has 0 bridgehead atoms. The van der Waals surface area contributed by atoms with E-state index in [0.717, 1.165) is 25.6 Å². The van der Waals surface area contributed by atoms with Crippen molar-refractivity contribution >= 4 is 5.91 Å². The number of rotatable bonds is 4. The smallest absolute Gasteiger partial charge is 0.240 e. The zero-order valence-corrected chi connectivity index (χ0v) is 13.1. The van der Waals surface area contributed by atoms with E-state index in [9.17, 15) is 4.79 Å². The Kier molecular flexibility index (Phi) is 4.29. The van der Waals surface area contributed by atoms with E-state index in [1.54, 1.807) is 0 Å². The van der Waals surface area contributed by atoms with Gasteiger partial charge < -0.3 is 10.2 Å². The third-order valence-corrected chi connectivity index (χ3v) is 5.16. The second kappa shape index (κ2) is 6.18. The molecule has 2 fully saturated rings. The van der Waals surface area contributed by atoms with Gasteiger partial charge in [0.2, 0.25) is 5.91 Å². The Morgan fingerprint density at radius 1 is 1.38 bits per heavy atom. The van der Waals surface area contributed by atoms with Crippen molar-refractivity contribution in [2.45, 2.75) is 45.7 Å². The lowest BCUT2D eigenvalue weighted by atomic mass is 9.93. The fourth-order valence-electron chi connectivity index (χ4n) is 4.03. The first-order chi connectivity index (χ1) is 10.2. The van der Waals surface area contributed by atoms with E-state index in [1.165, 1.54) is 30.4 Å². The number of carbonyl (C=O) groups is 1. The molecule has 1 aliphatic carbocycles. The van der Waals surface area contributed by atoms with E-state index in [-0.39, 0.29) is 6.04 Å². The highest BCUT2D eigenvalue weighted by Crippen LogP contribution is 2.38. The van der Waals surface area contributed by atoms with Crippen molar-refractivity contribution in [3.63, 3.8) is 0 Å². The summed E-state index contributed by atoms with van der Waals surface area (Å²) < 4.78 is 0. The molecule has 2 aliphatic rings. The van der Waals surface area contributed by atoms with Gasteiger partial charge in [-0.3, -0.25) is 4.79 Å². The molecule has 3 rings (SSSR count). The lowest BCUT2D eigenvalue weighted by Crippen LogP contribution is -2.46. The third kappa shape index (κ3) is 2.98. The Labute approximate surface area is 127 Å². The minimum atomic E-state index is 0.0576. The van der Waals surface area contributed by atoms with Crippen LogP contribution in [0.2, 0.25) is 0 Å². The van der Waals surface area contributed by atoms with Crippen LogP contribution in [-0.2, 0) is 11.3 Å². The van der Waals surface area contributed by atoms with E-state index in [2.05, 4.69) is 43.4 Å². The summed E-state index contributed by atoms with van der Waals surface area (Å²) in [5, 5.41) is 3.48. The fourth-order valence-corrected chi connectivity index (χ4v) is 4.03. The Hall–Kier alpha value is -1.35. The van der Waals surface area contributed by atoms with Crippen LogP contribution < -0.4 is 5.32 Å².